The Hall–Kier alpha value is -2.30. The number of nitrogens with one attached hydrogen (secondary N) is 1. The van der Waals surface area contributed by atoms with Gasteiger partial charge in [0.25, 0.3) is 5.91 Å². The molecule has 25 heavy (non-hydrogen) atoms. The van der Waals surface area contributed by atoms with Gasteiger partial charge in [0.1, 0.15) is 5.82 Å². The molecule has 0 unspecified atom stereocenters. The van der Waals surface area contributed by atoms with E-state index in [0.717, 1.165) is 22.8 Å². The molecular formula is C19H17Cl2N3O. The first kappa shape index (κ1) is 17.5. The number of carbonyl (C=O) groups is 1. The molecular weight excluding hydrogens is 357 g/mol. The summed E-state index contributed by atoms with van der Waals surface area (Å²) < 4.78 is 1.96. The minimum absolute atomic E-state index is 0.152. The number of carbonyl (C=O) groups excluding carboxylic acids is 1. The molecule has 0 spiro atoms. The van der Waals surface area contributed by atoms with Gasteiger partial charge in [0.05, 0.1) is 5.56 Å². The highest BCUT2D eigenvalue weighted by atomic mass is 35.5. The molecule has 1 amide bonds. The van der Waals surface area contributed by atoms with Crippen molar-refractivity contribution < 1.29 is 4.79 Å². The number of pyridine rings is 1. The maximum absolute atomic E-state index is 12.6. The van der Waals surface area contributed by atoms with Crippen LogP contribution in [-0.2, 0) is 6.54 Å². The summed E-state index contributed by atoms with van der Waals surface area (Å²) in [6, 6.07) is 12.8. The lowest BCUT2D eigenvalue weighted by atomic mass is 10.2. The molecule has 0 aliphatic rings. The molecule has 4 nitrogen and oxygen atoms in total. The lowest BCUT2D eigenvalue weighted by Crippen LogP contribution is -2.23. The lowest BCUT2D eigenvalue weighted by Gasteiger charge is -2.09. The first-order valence-corrected chi connectivity index (χ1v) is 8.55. The van der Waals surface area contributed by atoms with E-state index in [1.165, 1.54) is 0 Å². The second kappa shape index (κ2) is 7.30. The van der Waals surface area contributed by atoms with E-state index < -0.39 is 0 Å². The molecule has 0 aliphatic heterocycles. The Balaban J connectivity index is 1.81. The molecule has 1 N–H and O–H groups in total. The molecule has 0 fully saturated rings. The fourth-order valence-corrected chi connectivity index (χ4v) is 3.24. The minimum atomic E-state index is -0.152. The molecule has 2 aromatic heterocycles. The monoisotopic (exact) mass is 373 g/mol. The van der Waals surface area contributed by atoms with Crippen LogP contribution in [0.3, 0.4) is 0 Å². The molecule has 0 aliphatic carbocycles. The third-order valence-corrected chi connectivity index (χ3v) is 4.60. The van der Waals surface area contributed by atoms with Crippen molar-refractivity contribution in [2.24, 2.45) is 0 Å². The quantitative estimate of drug-likeness (QED) is 0.718. The van der Waals surface area contributed by atoms with Crippen molar-refractivity contribution in [3.63, 3.8) is 0 Å². The largest absolute Gasteiger partial charge is 0.348 e. The third kappa shape index (κ3) is 3.70. The van der Waals surface area contributed by atoms with Crippen LogP contribution in [-0.4, -0.2) is 15.5 Å². The molecule has 3 rings (SSSR count). The van der Waals surface area contributed by atoms with Crippen molar-refractivity contribution in [3.8, 4) is 5.82 Å². The van der Waals surface area contributed by atoms with Gasteiger partial charge in [-0.05, 0) is 49.7 Å². The van der Waals surface area contributed by atoms with E-state index in [4.69, 9.17) is 23.2 Å². The van der Waals surface area contributed by atoms with Gasteiger partial charge in [-0.25, -0.2) is 4.98 Å². The predicted molar refractivity (Wildman–Crippen MR) is 101 cm³/mol. The number of nitrogens with zero attached hydrogens (tertiary/aromatic N) is 2. The fraction of sp³-hybridized carbons (Fsp3) is 0.158. The zero-order valence-electron chi connectivity index (χ0n) is 13.9. The molecule has 0 saturated carbocycles. The summed E-state index contributed by atoms with van der Waals surface area (Å²) in [6.45, 7) is 4.20. The van der Waals surface area contributed by atoms with E-state index >= 15 is 0 Å². The van der Waals surface area contributed by atoms with Gasteiger partial charge >= 0.3 is 0 Å². The Morgan fingerprint density at radius 1 is 1.16 bits per heavy atom. The third-order valence-electron chi connectivity index (χ3n) is 4.01. The van der Waals surface area contributed by atoms with Crippen LogP contribution in [0.4, 0.5) is 0 Å². The van der Waals surface area contributed by atoms with Crippen LogP contribution >= 0.6 is 23.2 Å². The Morgan fingerprint density at radius 2 is 1.96 bits per heavy atom. The highest BCUT2D eigenvalue weighted by molar-refractivity contribution is 6.35. The lowest BCUT2D eigenvalue weighted by molar-refractivity contribution is 0.0950. The SMILES string of the molecule is Cc1cc(C(=O)NCc2ccc(Cl)cc2Cl)c(C)n1-c1ccccn1. The summed E-state index contributed by atoms with van der Waals surface area (Å²) in [7, 11) is 0. The summed E-state index contributed by atoms with van der Waals surface area (Å²) >= 11 is 12.0. The maximum Gasteiger partial charge on any atom is 0.253 e. The van der Waals surface area contributed by atoms with Crippen molar-refractivity contribution >= 4 is 29.1 Å². The van der Waals surface area contributed by atoms with Gasteiger partial charge in [-0.1, -0.05) is 35.3 Å². The molecule has 6 heteroatoms. The van der Waals surface area contributed by atoms with E-state index in [1.807, 2.05) is 48.7 Å². The molecule has 128 valence electrons. The normalized spacial score (nSPS) is 10.7. The van der Waals surface area contributed by atoms with Crippen LogP contribution < -0.4 is 5.32 Å². The van der Waals surface area contributed by atoms with E-state index in [9.17, 15) is 4.79 Å². The number of rotatable bonds is 4. The summed E-state index contributed by atoms with van der Waals surface area (Å²) in [5.74, 6) is 0.638. The summed E-state index contributed by atoms with van der Waals surface area (Å²) in [5.41, 5.74) is 3.23. The average molecular weight is 374 g/mol. The second-order valence-corrected chi connectivity index (χ2v) is 6.57. The number of benzene rings is 1. The summed E-state index contributed by atoms with van der Waals surface area (Å²) in [5, 5.41) is 4.01. The van der Waals surface area contributed by atoms with Gasteiger partial charge in [0.2, 0.25) is 0 Å². The van der Waals surface area contributed by atoms with Crippen molar-refractivity contribution in [1.82, 2.24) is 14.9 Å². The van der Waals surface area contributed by atoms with E-state index in [2.05, 4.69) is 10.3 Å². The van der Waals surface area contributed by atoms with Crippen molar-refractivity contribution in [3.05, 3.63) is 81.2 Å². The summed E-state index contributed by atoms with van der Waals surface area (Å²) in [6.07, 6.45) is 1.73. The molecule has 3 aromatic rings. The predicted octanol–water partition coefficient (Wildman–Crippen LogP) is 4.73. The first-order chi connectivity index (χ1) is 12.0. The summed E-state index contributed by atoms with van der Waals surface area (Å²) in [4.78, 5) is 17.0. The number of hydrogen-bond acceptors (Lipinski definition) is 2. The zero-order valence-corrected chi connectivity index (χ0v) is 15.4. The van der Waals surface area contributed by atoms with Gasteiger partial charge in [-0.2, -0.15) is 0 Å². The molecule has 1 aromatic carbocycles. The van der Waals surface area contributed by atoms with Gasteiger partial charge < -0.3 is 9.88 Å². The van der Waals surface area contributed by atoms with Crippen LogP contribution in [0.2, 0.25) is 10.0 Å². The fourth-order valence-electron chi connectivity index (χ4n) is 2.77. The van der Waals surface area contributed by atoms with Crippen LogP contribution in [0, 0.1) is 13.8 Å². The smallest absolute Gasteiger partial charge is 0.253 e. The van der Waals surface area contributed by atoms with E-state index in [-0.39, 0.29) is 5.91 Å². The zero-order chi connectivity index (χ0) is 18.0. The number of halogens is 2. The highest BCUT2D eigenvalue weighted by Crippen LogP contribution is 2.22. The van der Waals surface area contributed by atoms with Crippen molar-refractivity contribution in [2.45, 2.75) is 20.4 Å². The van der Waals surface area contributed by atoms with E-state index in [0.29, 0.717) is 22.2 Å². The first-order valence-electron chi connectivity index (χ1n) is 7.80. The Labute approximate surface area is 156 Å². The molecule has 0 saturated heterocycles. The van der Waals surface area contributed by atoms with Gasteiger partial charge in [0.15, 0.2) is 0 Å². The number of aryl methyl sites for hydroxylation is 1. The molecule has 2 heterocycles. The number of aromatic nitrogens is 2. The second-order valence-electron chi connectivity index (χ2n) is 5.73. The van der Waals surface area contributed by atoms with Crippen LogP contribution in [0.25, 0.3) is 5.82 Å². The number of hydrogen-bond donors (Lipinski definition) is 1. The Morgan fingerprint density at radius 3 is 2.64 bits per heavy atom. The molecule has 0 radical (unpaired) electrons. The Bertz CT molecular complexity index is 920. The van der Waals surface area contributed by atoms with Gasteiger partial charge in [-0.3, -0.25) is 4.79 Å². The molecule has 0 bridgehead atoms. The minimum Gasteiger partial charge on any atom is -0.348 e. The Kier molecular flexibility index (Phi) is 5.11. The van der Waals surface area contributed by atoms with Crippen LogP contribution in [0.15, 0.2) is 48.7 Å². The van der Waals surface area contributed by atoms with Crippen LogP contribution in [0.1, 0.15) is 27.3 Å². The van der Waals surface area contributed by atoms with Gasteiger partial charge in [-0.15, -0.1) is 0 Å². The number of amides is 1. The standard InChI is InChI=1S/C19H17Cl2N3O/c1-12-9-16(13(2)24(12)18-5-3-4-8-22-18)19(25)23-11-14-6-7-15(20)10-17(14)21/h3-10H,11H2,1-2H3,(H,23,25). The van der Waals surface area contributed by atoms with Gasteiger partial charge in [0, 0.05) is 34.2 Å². The van der Waals surface area contributed by atoms with Crippen LogP contribution in [0.5, 0.6) is 0 Å². The maximum atomic E-state index is 12.6. The molecule has 0 atom stereocenters. The van der Waals surface area contributed by atoms with E-state index in [1.54, 1.807) is 18.3 Å². The average Bonchev–Trinajstić information content (AvgIpc) is 2.89. The highest BCUT2D eigenvalue weighted by Gasteiger charge is 2.17. The van der Waals surface area contributed by atoms with Crippen molar-refractivity contribution in [2.75, 3.05) is 0 Å². The topological polar surface area (TPSA) is 46.9 Å². The van der Waals surface area contributed by atoms with Crippen molar-refractivity contribution in [1.29, 1.82) is 0 Å².